The van der Waals surface area contributed by atoms with Crippen LogP contribution in [-0.2, 0) is 12.8 Å². The standard InChI is InChI=1S/C17H16ClF2N/c1-10(12-6-5-11-3-2-4-13(11)7-12)21-17-15(18)8-14(19)9-16(17)20/h5-10,21H,2-4H2,1H3. The van der Waals surface area contributed by atoms with Crippen molar-refractivity contribution in [2.75, 3.05) is 5.32 Å². The highest BCUT2D eigenvalue weighted by atomic mass is 35.5. The van der Waals surface area contributed by atoms with Gasteiger partial charge in [0.25, 0.3) is 0 Å². The van der Waals surface area contributed by atoms with Crippen LogP contribution in [0, 0.1) is 11.6 Å². The number of anilines is 1. The Morgan fingerprint density at radius 1 is 1.10 bits per heavy atom. The third-order valence-corrected chi connectivity index (χ3v) is 4.29. The Balaban J connectivity index is 1.85. The first-order chi connectivity index (χ1) is 10.0. The molecule has 0 aromatic heterocycles. The fourth-order valence-corrected chi connectivity index (χ4v) is 3.09. The molecule has 0 fully saturated rings. The van der Waals surface area contributed by atoms with Crippen LogP contribution in [0.2, 0.25) is 5.02 Å². The van der Waals surface area contributed by atoms with E-state index in [0.29, 0.717) is 0 Å². The summed E-state index contributed by atoms with van der Waals surface area (Å²) in [6, 6.07) is 8.20. The van der Waals surface area contributed by atoms with Gasteiger partial charge >= 0.3 is 0 Å². The molecule has 2 aromatic carbocycles. The van der Waals surface area contributed by atoms with E-state index in [9.17, 15) is 8.78 Å². The normalized spacial score (nSPS) is 14.9. The lowest BCUT2D eigenvalue weighted by Gasteiger charge is -2.18. The molecule has 110 valence electrons. The molecule has 21 heavy (non-hydrogen) atoms. The van der Waals surface area contributed by atoms with E-state index in [-0.39, 0.29) is 16.8 Å². The lowest BCUT2D eigenvalue weighted by Crippen LogP contribution is -2.09. The second-order valence-electron chi connectivity index (χ2n) is 5.49. The summed E-state index contributed by atoms with van der Waals surface area (Å²) < 4.78 is 26.9. The summed E-state index contributed by atoms with van der Waals surface area (Å²) in [5.74, 6) is -1.35. The summed E-state index contributed by atoms with van der Waals surface area (Å²) in [6.07, 6.45) is 3.43. The van der Waals surface area contributed by atoms with Crippen molar-refractivity contribution >= 4 is 17.3 Å². The van der Waals surface area contributed by atoms with Crippen molar-refractivity contribution in [2.24, 2.45) is 0 Å². The molecule has 3 rings (SSSR count). The van der Waals surface area contributed by atoms with Crippen LogP contribution < -0.4 is 5.32 Å². The highest BCUT2D eigenvalue weighted by molar-refractivity contribution is 6.33. The number of benzene rings is 2. The van der Waals surface area contributed by atoms with Crippen LogP contribution in [0.25, 0.3) is 0 Å². The van der Waals surface area contributed by atoms with E-state index in [1.807, 2.05) is 6.92 Å². The summed E-state index contributed by atoms with van der Waals surface area (Å²) in [4.78, 5) is 0. The number of nitrogens with one attached hydrogen (secondary N) is 1. The monoisotopic (exact) mass is 307 g/mol. The predicted octanol–water partition coefficient (Wildman–Crippen LogP) is 5.28. The van der Waals surface area contributed by atoms with Gasteiger partial charge in [-0.2, -0.15) is 0 Å². The van der Waals surface area contributed by atoms with Crippen molar-refractivity contribution in [1.82, 2.24) is 0 Å². The van der Waals surface area contributed by atoms with E-state index < -0.39 is 11.6 Å². The number of rotatable bonds is 3. The van der Waals surface area contributed by atoms with Gasteiger partial charge in [-0.3, -0.25) is 0 Å². The van der Waals surface area contributed by atoms with E-state index in [0.717, 1.165) is 30.5 Å². The fourth-order valence-electron chi connectivity index (χ4n) is 2.84. The second-order valence-corrected chi connectivity index (χ2v) is 5.90. The zero-order chi connectivity index (χ0) is 15.0. The minimum absolute atomic E-state index is 0.0560. The van der Waals surface area contributed by atoms with Gasteiger partial charge in [-0.1, -0.05) is 29.8 Å². The largest absolute Gasteiger partial charge is 0.375 e. The van der Waals surface area contributed by atoms with Gasteiger partial charge in [0.2, 0.25) is 0 Å². The summed E-state index contributed by atoms with van der Waals surface area (Å²) in [6.45, 7) is 1.94. The van der Waals surface area contributed by atoms with Crippen LogP contribution in [0.3, 0.4) is 0 Å². The third kappa shape index (κ3) is 2.88. The zero-order valence-electron chi connectivity index (χ0n) is 11.7. The Bertz CT molecular complexity index is 661. The topological polar surface area (TPSA) is 12.0 Å². The van der Waals surface area contributed by atoms with Crippen LogP contribution >= 0.6 is 11.6 Å². The van der Waals surface area contributed by atoms with Gasteiger partial charge in [0, 0.05) is 12.1 Å². The van der Waals surface area contributed by atoms with Crippen molar-refractivity contribution in [2.45, 2.75) is 32.2 Å². The summed E-state index contributed by atoms with van der Waals surface area (Å²) >= 11 is 5.92. The van der Waals surface area contributed by atoms with Gasteiger partial charge in [-0.15, -0.1) is 0 Å². The molecule has 0 heterocycles. The van der Waals surface area contributed by atoms with Crippen molar-refractivity contribution in [3.8, 4) is 0 Å². The minimum Gasteiger partial charge on any atom is -0.375 e. The van der Waals surface area contributed by atoms with Crippen LogP contribution in [0.1, 0.15) is 36.1 Å². The van der Waals surface area contributed by atoms with Crippen LogP contribution in [0.15, 0.2) is 30.3 Å². The first-order valence-corrected chi connectivity index (χ1v) is 7.45. The first-order valence-electron chi connectivity index (χ1n) is 7.07. The molecule has 0 aliphatic heterocycles. The molecular weight excluding hydrogens is 292 g/mol. The number of aryl methyl sites for hydroxylation is 2. The van der Waals surface area contributed by atoms with Gasteiger partial charge in [-0.25, -0.2) is 8.78 Å². The summed E-state index contributed by atoms with van der Waals surface area (Å²) in [7, 11) is 0. The van der Waals surface area contributed by atoms with Crippen molar-refractivity contribution in [3.05, 3.63) is 63.7 Å². The van der Waals surface area contributed by atoms with E-state index in [4.69, 9.17) is 11.6 Å². The van der Waals surface area contributed by atoms with Crippen LogP contribution in [0.4, 0.5) is 14.5 Å². The predicted molar refractivity (Wildman–Crippen MR) is 81.9 cm³/mol. The van der Waals surface area contributed by atoms with Gasteiger partial charge in [0.05, 0.1) is 10.7 Å². The Morgan fingerprint density at radius 3 is 2.62 bits per heavy atom. The lowest BCUT2D eigenvalue weighted by atomic mass is 10.0. The summed E-state index contributed by atoms with van der Waals surface area (Å²) in [5.41, 5.74) is 3.99. The fraction of sp³-hybridized carbons (Fsp3) is 0.294. The van der Waals surface area contributed by atoms with Crippen LogP contribution in [-0.4, -0.2) is 0 Å². The quantitative estimate of drug-likeness (QED) is 0.813. The Hall–Kier alpha value is -1.61. The van der Waals surface area contributed by atoms with Gasteiger partial charge in [0.15, 0.2) is 5.82 Å². The zero-order valence-corrected chi connectivity index (χ0v) is 12.5. The maximum absolute atomic E-state index is 13.8. The van der Waals surface area contributed by atoms with Crippen molar-refractivity contribution in [1.29, 1.82) is 0 Å². The molecule has 4 heteroatoms. The molecule has 0 amide bonds. The molecule has 1 aliphatic carbocycles. The highest BCUT2D eigenvalue weighted by Crippen LogP contribution is 2.31. The molecule has 1 N–H and O–H groups in total. The van der Waals surface area contributed by atoms with Gasteiger partial charge in [-0.05, 0) is 48.9 Å². The Morgan fingerprint density at radius 2 is 1.86 bits per heavy atom. The number of hydrogen-bond acceptors (Lipinski definition) is 1. The van der Waals surface area contributed by atoms with Crippen molar-refractivity contribution in [3.63, 3.8) is 0 Å². The smallest absolute Gasteiger partial charge is 0.150 e. The molecule has 1 aliphatic rings. The number of fused-ring (bicyclic) bond motifs is 1. The molecule has 0 spiro atoms. The number of hydrogen-bond donors (Lipinski definition) is 1. The molecule has 0 saturated carbocycles. The Labute approximate surface area is 127 Å². The molecule has 2 aromatic rings. The van der Waals surface area contributed by atoms with E-state index >= 15 is 0 Å². The van der Waals surface area contributed by atoms with Gasteiger partial charge < -0.3 is 5.32 Å². The molecule has 1 unspecified atom stereocenters. The van der Waals surface area contributed by atoms with Gasteiger partial charge in [0.1, 0.15) is 5.82 Å². The molecular formula is C17H16ClF2N. The molecule has 0 bridgehead atoms. The van der Waals surface area contributed by atoms with E-state index in [2.05, 4.69) is 23.5 Å². The SMILES string of the molecule is CC(Nc1c(F)cc(F)cc1Cl)c1ccc2c(c1)CCC2. The maximum atomic E-state index is 13.8. The van der Waals surface area contributed by atoms with Crippen LogP contribution in [0.5, 0.6) is 0 Å². The van der Waals surface area contributed by atoms with E-state index in [1.165, 1.54) is 17.5 Å². The average molecular weight is 308 g/mol. The first kappa shape index (κ1) is 14.3. The average Bonchev–Trinajstić information content (AvgIpc) is 2.89. The molecule has 0 saturated heterocycles. The molecule has 1 atom stereocenters. The second kappa shape index (κ2) is 5.64. The minimum atomic E-state index is -0.673. The number of halogens is 3. The molecule has 0 radical (unpaired) electrons. The maximum Gasteiger partial charge on any atom is 0.150 e. The van der Waals surface area contributed by atoms with Crippen molar-refractivity contribution < 1.29 is 8.78 Å². The third-order valence-electron chi connectivity index (χ3n) is 3.99. The lowest BCUT2D eigenvalue weighted by molar-refractivity contribution is 0.584. The summed E-state index contributed by atoms with van der Waals surface area (Å²) in [5, 5.41) is 3.10. The highest BCUT2D eigenvalue weighted by Gasteiger charge is 2.16. The Kier molecular flexibility index (Phi) is 3.85. The van der Waals surface area contributed by atoms with E-state index in [1.54, 1.807) is 0 Å². The molecule has 1 nitrogen and oxygen atoms in total.